The van der Waals surface area contributed by atoms with Crippen LogP contribution in [0.4, 0.5) is 9.18 Å². The number of benzene rings is 1. The number of alkyl carbamates (subject to hydrolysis) is 1. The summed E-state index contributed by atoms with van der Waals surface area (Å²) in [7, 11) is 0. The number of hydrogen-bond acceptors (Lipinski definition) is 5. The summed E-state index contributed by atoms with van der Waals surface area (Å²) in [5, 5.41) is 8.03. The Kier molecular flexibility index (Phi) is 5.61. The van der Waals surface area contributed by atoms with E-state index in [1.807, 2.05) is 27.0 Å². The number of amides is 1. The lowest BCUT2D eigenvalue weighted by Gasteiger charge is -2.56. The van der Waals surface area contributed by atoms with Gasteiger partial charge in [-0.2, -0.15) is 4.98 Å². The van der Waals surface area contributed by atoms with Gasteiger partial charge in [0.15, 0.2) is 5.82 Å². The fraction of sp³-hybridized carbons (Fsp3) is 0.607. The number of aromatic nitrogens is 3. The van der Waals surface area contributed by atoms with Crippen LogP contribution in [0, 0.1) is 29.0 Å². The third-order valence-electron chi connectivity index (χ3n) is 8.32. The number of nitrogens with zero attached hydrogens (tertiary/aromatic N) is 2. The first kappa shape index (κ1) is 23.5. The number of fused-ring (bicyclic) bond motifs is 1. The van der Waals surface area contributed by atoms with Crippen molar-refractivity contribution in [2.24, 2.45) is 23.2 Å². The van der Waals surface area contributed by atoms with Gasteiger partial charge in [0, 0.05) is 29.9 Å². The fourth-order valence-electron chi connectivity index (χ4n) is 7.51. The molecule has 36 heavy (non-hydrogen) atoms. The summed E-state index contributed by atoms with van der Waals surface area (Å²) in [4.78, 5) is 20.7. The predicted octanol–water partition coefficient (Wildman–Crippen LogP) is 6.26. The van der Waals surface area contributed by atoms with Crippen molar-refractivity contribution in [3.05, 3.63) is 47.5 Å². The van der Waals surface area contributed by atoms with E-state index in [1.54, 1.807) is 6.07 Å². The van der Waals surface area contributed by atoms with Crippen molar-refractivity contribution in [3.8, 4) is 0 Å². The van der Waals surface area contributed by atoms with E-state index in [2.05, 4.69) is 15.5 Å². The molecule has 0 aliphatic heterocycles. The minimum Gasteiger partial charge on any atom is -0.444 e. The standard InChI is InChI=1S/C28H35FN4O3/c1-27(2,3)35-26(34)31-23(9-19-15-30-22-5-4-20(29)10-21(19)22)25-32-24(33-36-25)14-28-11-16-6-17(12-28)8-18(7-16)13-28/h4-5,10,15-18,23,30H,6-9,11-14H2,1-3H3,(H,31,34)/t16?,17?,18?,23-,28?/m0/s1. The molecule has 1 aromatic carbocycles. The van der Waals surface area contributed by atoms with Gasteiger partial charge in [0.1, 0.15) is 17.5 Å². The lowest BCUT2D eigenvalue weighted by molar-refractivity contribution is -0.0533. The average Bonchev–Trinajstić information content (AvgIpc) is 3.37. The number of ether oxygens (including phenoxy) is 1. The summed E-state index contributed by atoms with van der Waals surface area (Å²) >= 11 is 0. The van der Waals surface area contributed by atoms with E-state index in [1.165, 1.54) is 50.7 Å². The van der Waals surface area contributed by atoms with E-state index in [4.69, 9.17) is 14.2 Å². The molecule has 3 aromatic rings. The Morgan fingerprint density at radius 3 is 2.58 bits per heavy atom. The highest BCUT2D eigenvalue weighted by Gasteiger charge is 2.51. The molecule has 0 unspecified atom stereocenters. The van der Waals surface area contributed by atoms with Crippen LogP contribution in [0.3, 0.4) is 0 Å². The monoisotopic (exact) mass is 494 g/mol. The number of nitrogens with one attached hydrogen (secondary N) is 2. The zero-order valence-corrected chi connectivity index (χ0v) is 21.3. The predicted molar refractivity (Wildman–Crippen MR) is 133 cm³/mol. The highest BCUT2D eigenvalue weighted by Crippen LogP contribution is 2.60. The number of halogens is 1. The van der Waals surface area contributed by atoms with Crippen LogP contribution in [0.1, 0.15) is 82.6 Å². The van der Waals surface area contributed by atoms with Crippen molar-refractivity contribution >= 4 is 17.0 Å². The number of aromatic amines is 1. The van der Waals surface area contributed by atoms with Gasteiger partial charge in [-0.3, -0.25) is 0 Å². The molecule has 2 aromatic heterocycles. The summed E-state index contributed by atoms with van der Waals surface area (Å²) in [5.41, 5.74) is 1.33. The van der Waals surface area contributed by atoms with E-state index in [9.17, 15) is 9.18 Å². The maximum Gasteiger partial charge on any atom is 0.408 e. The Balaban J connectivity index is 1.25. The van der Waals surface area contributed by atoms with Crippen molar-refractivity contribution in [3.63, 3.8) is 0 Å². The molecule has 2 N–H and O–H groups in total. The number of carbonyl (C=O) groups excluding carboxylic acids is 1. The molecule has 7 nitrogen and oxygen atoms in total. The van der Waals surface area contributed by atoms with Crippen molar-refractivity contribution < 1.29 is 18.4 Å². The van der Waals surface area contributed by atoms with Gasteiger partial charge in [0.05, 0.1) is 0 Å². The quantitative estimate of drug-likeness (QED) is 0.422. The van der Waals surface area contributed by atoms with Crippen LogP contribution >= 0.6 is 0 Å². The molecule has 1 amide bonds. The smallest absolute Gasteiger partial charge is 0.408 e. The van der Waals surface area contributed by atoms with Gasteiger partial charge in [-0.05, 0) is 106 Å². The second-order valence-corrected chi connectivity index (χ2v) is 12.5. The normalized spacial score (nSPS) is 27.9. The molecule has 4 bridgehead atoms. The molecule has 4 fully saturated rings. The molecule has 0 saturated heterocycles. The van der Waals surface area contributed by atoms with Crippen molar-refractivity contribution in [1.29, 1.82) is 0 Å². The molecule has 0 spiro atoms. The van der Waals surface area contributed by atoms with Crippen LogP contribution in [0.25, 0.3) is 10.9 Å². The third-order valence-corrected chi connectivity index (χ3v) is 8.32. The second kappa shape index (κ2) is 8.60. The maximum atomic E-state index is 14.0. The second-order valence-electron chi connectivity index (χ2n) is 12.5. The van der Waals surface area contributed by atoms with Gasteiger partial charge in [-0.25, -0.2) is 9.18 Å². The molecule has 4 aliphatic rings. The highest BCUT2D eigenvalue weighted by molar-refractivity contribution is 5.83. The SMILES string of the molecule is CC(C)(C)OC(=O)N[C@@H](Cc1c[nH]c2ccc(F)cc12)c1nc(CC23CC4CC(CC(C4)C2)C3)no1. The highest BCUT2D eigenvalue weighted by atomic mass is 19.1. The minimum absolute atomic E-state index is 0.290. The molecule has 1 atom stereocenters. The molecule has 0 radical (unpaired) electrons. The number of rotatable bonds is 6. The van der Waals surface area contributed by atoms with Crippen LogP contribution in [-0.4, -0.2) is 26.8 Å². The van der Waals surface area contributed by atoms with Crippen molar-refractivity contribution in [1.82, 2.24) is 20.4 Å². The van der Waals surface area contributed by atoms with Gasteiger partial charge >= 0.3 is 6.09 Å². The summed E-state index contributed by atoms with van der Waals surface area (Å²) in [5.74, 6) is 3.32. The van der Waals surface area contributed by atoms with Crippen LogP contribution in [0.15, 0.2) is 28.9 Å². The zero-order chi connectivity index (χ0) is 25.1. The number of carbonyl (C=O) groups is 1. The zero-order valence-electron chi connectivity index (χ0n) is 21.3. The molecule has 4 aliphatic carbocycles. The summed E-state index contributed by atoms with van der Waals surface area (Å²) in [6.07, 6.45) is 10.5. The first-order chi connectivity index (χ1) is 17.1. The summed E-state index contributed by atoms with van der Waals surface area (Å²) in [6.45, 7) is 5.46. The Bertz CT molecular complexity index is 1240. The molecular formula is C28H35FN4O3. The topological polar surface area (TPSA) is 93.0 Å². The Morgan fingerprint density at radius 1 is 1.22 bits per heavy atom. The molecular weight excluding hydrogens is 459 g/mol. The van der Waals surface area contributed by atoms with Crippen molar-refractivity contribution in [2.75, 3.05) is 0 Å². The molecule has 7 rings (SSSR count). The maximum absolute atomic E-state index is 14.0. The van der Waals surface area contributed by atoms with E-state index in [0.29, 0.717) is 23.6 Å². The minimum atomic E-state index is -0.642. The van der Waals surface area contributed by atoms with Crippen LogP contribution in [0.5, 0.6) is 0 Å². The van der Waals surface area contributed by atoms with Crippen LogP contribution in [-0.2, 0) is 17.6 Å². The number of hydrogen-bond donors (Lipinski definition) is 2. The van der Waals surface area contributed by atoms with E-state index >= 15 is 0 Å². The summed E-state index contributed by atoms with van der Waals surface area (Å²) < 4.78 is 25.2. The fourth-order valence-corrected chi connectivity index (χ4v) is 7.51. The van der Waals surface area contributed by atoms with Gasteiger partial charge in [0.25, 0.3) is 0 Å². The lowest BCUT2D eigenvalue weighted by atomic mass is 9.49. The number of H-pyrrole nitrogens is 1. The van der Waals surface area contributed by atoms with E-state index in [0.717, 1.165) is 40.6 Å². The van der Waals surface area contributed by atoms with Gasteiger partial charge < -0.3 is 19.6 Å². The lowest BCUT2D eigenvalue weighted by Crippen LogP contribution is -2.47. The largest absolute Gasteiger partial charge is 0.444 e. The summed E-state index contributed by atoms with van der Waals surface area (Å²) in [6, 6.07) is 4.03. The molecule has 2 heterocycles. The van der Waals surface area contributed by atoms with Crippen molar-refractivity contribution in [2.45, 2.75) is 83.8 Å². The third kappa shape index (κ3) is 4.74. The average molecular weight is 495 g/mol. The molecule has 4 saturated carbocycles. The van der Waals surface area contributed by atoms with E-state index < -0.39 is 17.7 Å². The van der Waals surface area contributed by atoms with Gasteiger partial charge in [0.2, 0.25) is 5.89 Å². The Hall–Kier alpha value is -2.90. The molecule has 192 valence electrons. The van der Waals surface area contributed by atoms with E-state index in [-0.39, 0.29) is 5.82 Å². The van der Waals surface area contributed by atoms with Crippen LogP contribution < -0.4 is 5.32 Å². The Morgan fingerprint density at radius 2 is 1.92 bits per heavy atom. The first-order valence-electron chi connectivity index (χ1n) is 13.2. The first-order valence-corrected chi connectivity index (χ1v) is 13.2. The molecule has 8 heteroatoms. The van der Waals surface area contributed by atoms with Gasteiger partial charge in [-0.1, -0.05) is 5.16 Å². The Labute approximate surface area is 210 Å². The van der Waals surface area contributed by atoms with Crippen LogP contribution in [0.2, 0.25) is 0 Å². The van der Waals surface area contributed by atoms with Gasteiger partial charge in [-0.15, -0.1) is 0 Å².